The van der Waals surface area contributed by atoms with E-state index in [2.05, 4.69) is 20.4 Å². The van der Waals surface area contributed by atoms with Crippen LogP contribution in [-0.4, -0.2) is 39.8 Å². The number of halogens is 3. The van der Waals surface area contributed by atoms with Crippen LogP contribution in [0.5, 0.6) is 0 Å². The van der Waals surface area contributed by atoms with E-state index in [1.54, 1.807) is 13.0 Å². The monoisotopic (exact) mass is 466 g/mol. The third kappa shape index (κ3) is 4.68. The Morgan fingerprint density at radius 2 is 2.00 bits per heavy atom. The quantitative estimate of drug-likeness (QED) is 0.590. The van der Waals surface area contributed by atoms with Crippen LogP contribution in [0.2, 0.25) is 5.02 Å². The van der Waals surface area contributed by atoms with Gasteiger partial charge >= 0.3 is 5.76 Å². The molecule has 0 fully saturated rings. The van der Waals surface area contributed by atoms with E-state index in [1.165, 1.54) is 23.3 Å². The number of nitrogens with one attached hydrogen (secondary N) is 1. The lowest BCUT2D eigenvalue weighted by Crippen LogP contribution is -2.29. The van der Waals surface area contributed by atoms with Crippen LogP contribution in [0, 0.1) is 11.3 Å². The summed E-state index contributed by atoms with van der Waals surface area (Å²) in [4.78, 5) is 20.1. The minimum absolute atomic E-state index is 0.190. The van der Waals surface area contributed by atoms with E-state index in [9.17, 15) is 22.0 Å². The molecule has 1 atom stereocenters. The van der Waals surface area contributed by atoms with Crippen LogP contribution in [-0.2, 0) is 9.84 Å². The molecule has 3 rings (SSSR count). The molecule has 0 unspecified atom stereocenters. The summed E-state index contributed by atoms with van der Waals surface area (Å²) >= 11 is 5.82. The fraction of sp³-hybridized carbons (Fsp3) is 0.167. The molecule has 13 heteroatoms. The number of carbonyl (C=O) groups excluding carboxylic acids is 1. The summed E-state index contributed by atoms with van der Waals surface area (Å²) in [6, 6.07) is 7.11. The first-order valence-electron chi connectivity index (χ1n) is 8.53. The highest BCUT2D eigenvalue weighted by Gasteiger charge is 2.28. The average Bonchev–Trinajstić information content (AvgIpc) is 3.23. The van der Waals surface area contributed by atoms with Gasteiger partial charge in [0.25, 0.3) is 5.91 Å². The Morgan fingerprint density at radius 1 is 1.26 bits per heavy atom. The summed E-state index contributed by atoms with van der Waals surface area (Å²) < 4.78 is 50.5. The molecule has 3 aromatic rings. The van der Waals surface area contributed by atoms with Gasteiger partial charge in [-0.05, 0) is 37.3 Å². The van der Waals surface area contributed by atoms with Crippen molar-refractivity contribution in [1.82, 2.24) is 25.1 Å². The van der Waals surface area contributed by atoms with Gasteiger partial charge in [-0.2, -0.15) is 23.8 Å². The van der Waals surface area contributed by atoms with Gasteiger partial charge in [0.2, 0.25) is 9.84 Å². The molecule has 0 saturated carbocycles. The van der Waals surface area contributed by atoms with Crippen LogP contribution in [0.3, 0.4) is 0 Å². The molecule has 0 bridgehead atoms. The third-order valence-electron chi connectivity index (χ3n) is 4.10. The first-order chi connectivity index (χ1) is 14.6. The number of hydrogen-bond acceptors (Lipinski definition) is 7. The third-order valence-corrected chi connectivity index (χ3v) is 5.68. The Hall–Kier alpha value is -3.43. The number of amides is 1. The lowest BCUT2D eigenvalue weighted by Gasteiger charge is -2.15. The molecule has 1 N–H and O–H groups in total. The molecule has 1 amide bonds. The number of pyridine rings is 1. The Morgan fingerprint density at radius 3 is 2.61 bits per heavy atom. The van der Waals surface area contributed by atoms with E-state index < -0.39 is 32.4 Å². The number of hydrogen-bond donors (Lipinski definition) is 1. The van der Waals surface area contributed by atoms with Gasteiger partial charge in [-0.3, -0.25) is 4.79 Å². The Labute approximate surface area is 180 Å². The van der Waals surface area contributed by atoms with Crippen molar-refractivity contribution in [3.8, 4) is 11.9 Å². The Balaban J connectivity index is 1.86. The van der Waals surface area contributed by atoms with Crippen molar-refractivity contribution >= 4 is 27.3 Å². The number of benzene rings is 1. The predicted octanol–water partition coefficient (Wildman–Crippen LogP) is 2.67. The van der Waals surface area contributed by atoms with Crippen molar-refractivity contribution in [2.75, 3.05) is 0 Å². The minimum Gasteiger partial charge on any atom is -0.342 e. The second kappa shape index (κ2) is 8.75. The van der Waals surface area contributed by atoms with Crippen molar-refractivity contribution in [3.05, 3.63) is 64.8 Å². The van der Waals surface area contributed by atoms with E-state index in [1.807, 2.05) is 6.07 Å². The molecule has 0 spiro atoms. The van der Waals surface area contributed by atoms with Crippen molar-refractivity contribution < 1.29 is 22.0 Å². The summed E-state index contributed by atoms with van der Waals surface area (Å²) in [5.74, 6) is -3.78. The zero-order valence-electron chi connectivity index (χ0n) is 15.7. The Kier molecular flexibility index (Phi) is 6.28. The molecule has 31 heavy (non-hydrogen) atoms. The van der Waals surface area contributed by atoms with Gasteiger partial charge in [0.05, 0.1) is 16.5 Å². The maximum absolute atomic E-state index is 12.8. The molecule has 2 aromatic heterocycles. The van der Waals surface area contributed by atoms with Crippen LogP contribution >= 0.6 is 11.6 Å². The van der Waals surface area contributed by atoms with Crippen LogP contribution < -0.4 is 5.32 Å². The fourth-order valence-corrected chi connectivity index (χ4v) is 3.69. The van der Waals surface area contributed by atoms with Crippen molar-refractivity contribution in [2.45, 2.75) is 23.6 Å². The number of nitriles is 1. The van der Waals surface area contributed by atoms with Crippen molar-refractivity contribution in [1.29, 1.82) is 5.26 Å². The van der Waals surface area contributed by atoms with Crippen molar-refractivity contribution in [2.24, 2.45) is 0 Å². The SMILES string of the molecule is C[C@H](NC(=O)c1cc(Cl)cc(S(=O)(=O)C(F)F)c1)c1ncnn1-c1ccc(C#N)cn1. The van der Waals surface area contributed by atoms with Gasteiger partial charge in [0, 0.05) is 16.8 Å². The van der Waals surface area contributed by atoms with E-state index in [4.69, 9.17) is 16.9 Å². The maximum Gasteiger partial charge on any atom is 0.341 e. The van der Waals surface area contributed by atoms with E-state index >= 15 is 0 Å². The van der Waals surface area contributed by atoms with Crippen LogP contribution in [0.4, 0.5) is 8.78 Å². The molecule has 1 aromatic carbocycles. The van der Waals surface area contributed by atoms with E-state index in [-0.39, 0.29) is 16.4 Å². The zero-order chi connectivity index (χ0) is 22.8. The van der Waals surface area contributed by atoms with Crippen LogP contribution in [0.1, 0.15) is 34.7 Å². The lowest BCUT2D eigenvalue weighted by atomic mass is 10.2. The normalized spacial score (nSPS) is 12.4. The lowest BCUT2D eigenvalue weighted by molar-refractivity contribution is 0.0937. The summed E-state index contributed by atoms with van der Waals surface area (Å²) in [6.45, 7) is 1.59. The smallest absolute Gasteiger partial charge is 0.341 e. The number of aromatic nitrogens is 4. The van der Waals surface area contributed by atoms with Gasteiger partial charge in [0.15, 0.2) is 11.6 Å². The number of rotatable bonds is 6. The Bertz CT molecular complexity index is 1270. The molecule has 0 radical (unpaired) electrons. The minimum atomic E-state index is -4.93. The highest BCUT2D eigenvalue weighted by molar-refractivity contribution is 7.91. The summed E-state index contributed by atoms with van der Waals surface area (Å²) in [5.41, 5.74) is 0.128. The number of carbonyl (C=O) groups is 1. The number of alkyl halides is 2. The fourth-order valence-electron chi connectivity index (χ4n) is 2.61. The van der Waals surface area contributed by atoms with Gasteiger partial charge in [-0.25, -0.2) is 18.4 Å². The molecule has 0 aliphatic rings. The van der Waals surface area contributed by atoms with E-state index in [0.29, 0.717) is 11.4 Å². The average molecular weight is 467 g/mol. The molecular weight excluding hydrogens is 454 g/mol. The summed E-state index contributed by atoms with van der Waals surface area (Å²) in [7, 11) is -4.93. The van der Waals surface area contributed by atoms with Gasteiger partial charge in [-0.1, -0.05) is 11.6 Å². The summed E-state index contributed by atoms with van der Waals surface area (Å²) in [6.07, 6.45) is 2.59. The van der Waals surface area contributed by atoms with Crippen LogP contribution in [0.25, 0.3) is 5.82 Å². The molecule has 0 aliphatic carbocycles. The largest absolute Gasteiger partial charge is 0.342 e. The zero-order valence-corrected chi connectivity index (χ0v) is 17.3. The molecule has 2 heterocycles. The highest BCUT2D eigenvalue weighted by Crippen LogP contribution is 2.24. The van der Waals surface area contributed by atoms with Crippen LogP contribution in [0.15, 0.2) is 47.8 Å². The second-order valence-corrected chi connectivity index (χ2v) is 8.58. The van der Waals surface area contributed by atoms with Crippen molar-refractivity contribution in [3.63, 3.8) is 0 Å². The van der Waals surface area contributed by atoms with Gasteiger partial charge < -0.3 is 5.32 Å². The molecule has 0 saturated heterocycles. The summed E-state index contributed by atoms with van der Waals surface area (Å²) in [5, 5.41) is 15.3. The topological polar surface area (TPSA) is 131 Å². The standard InChI is InChI=1S/C18H13ClF2N6O3S/c1-10(16-24-9-25-27(16)15-3-2-11(7-22)8-23-15)26-17(28)12-4-13(19)6-14(5-12)31(29,30)18(20)21/h2-6,8-10,18H,1H3,(H,26,28)/t10-/m0/s1. The first-order valence-corrected chi connectivity index (χ1v) is 10.5. The number of sulfone groups is 1. The molecular formula is C18H13ClF2N6O3S. The van der Waals surface area contributed by atoms with Gasteiger partial charge in [0.1, 0.15) is 12.4 Å². The first kappa shape index (κ1) is 22.3. The van der Waals surface area contributed by atoms with E-state index in [0.717, 1.165) is 18.2 Å². The molecule has 160 valence electrons. The number of nitrogens with zero attached hydrogens (tertiary/aromatic N) is 5. The second-order valence-electron chi connectivity index (χ2n) is 6.22. The maximum atomic E-state index is 12.8. The van der Waals surface area contributed by atoms with Gasteiger partial charge in [-0.15, -0.1) is 0 Å². The molecule has 0 aliphatic heterocycles. The molecule has 9 nitrogen and oxygen atoms in total. The highest BCUT2D eigenvalue weighted by atomic mass is 35.5. The predicted molar refractivity (Wildman–Crippen MR) is 104 cm³/mol.